The van der Waals surface area contributed by atoms with Gasteiger partial charge in [0.05, 0.1) is 38.7 Å². The van der Waals surface area contributed by atoms with Gasteiger partial charge in [0.25, 0.3) is 0 Å². The molecule has 0 saturated heterocycles. The first-order chi connectivity index (χ1) is 24.8. The Balaban J connectivity index is 1.36. The zero-order valence-electron chi connectivity index (χ0n) is 27.2. The van der Waals surface area contributed by atoms with Crippen LogP contribution in [0.2, 0.25) is 0 Å². The topological polar surface area (TPSA) is 35.6 Å². The molecule has 4 nitrogen and oxygen atoms in total. The fourth-order valence-electron chi connectivity index (χ4n) is 8.76. The molecule has 0 radical (unpaired) electrons. The van der Waals surface area contributed by atoms with Crippen LogP contribution in [0.4, 0.5) is 0 Å². The van der Waals surface area contributed by atoms with Crippen molar-refractivity contribution in [1.29, 1.82) is 0 Å². The number of hydrogen-bond acceptors (Lipinski definition) is 2. The van der Waals surface area contributed by atoms with Crippen molar-refractivity contribution in [3.05, 3.63) is 156 Å². The van der Waals surface area contributed by atoms with E-state index in [1.807, 2.05) is 6.07 Å². The molecule has 0 spiro atoms. The van der Waals surface area contributed by atoms with E-state index in [0.717, 1.165) is 75.5 Å². The highest BCUT2D eigenvalue weighted by Crippen LogP contribution is 2.48. The van der Waals surface area contributed by atoms with Crippen molar-refractivity contribution in [3.8, 4) is 22.9 Å². The maximum atomic E-state index is 5.49. The maximum Gasteiger partial charge on any atom is 0.235 e. The first-order valence-electron chi connectivity index (χ1n) is 17.5. The second-order valence-corrected chi connectivity index (χ2v) is 13.9. The summed E-state index contributed by atoms with van der Waals surface area (Å²) in [6.45, 7) is 0. The van der Waals surface area contributed by atoms with E-state index < -0.39 is 0 Å². The van der Waals surface area contributed by atoms with Gasteiger partial charge < -0.3 is 4.57 Å². The van der Waals surface area contributed by atoms with Gasteiger partial charge >= 0.3 is 0 Å². The lowest BCUT2D eigenvalue weighted by atomic mass is 9.86. The van der Waals surface area contributed by atoms with Gasteiger partial charge in [-0.2, -0.15) is 0 Å². The van der Waals surface area contributed by atoms with E-state index >= 15 is 0 Å². The molecular weight excluding hydrogens is 609 g/mol. The van der Waals surface area contributed by atoms with Crippen LogP contribution in [0.15, 0.2) is 121 Å². The molecule has 0 atom stereocenters. The van der Waals surface area contributed by atoms with Gasteiger partial charge in [0.15, 0.2) is 0 Å². The predicted molar refractivity (Wildman–Crippen MR) is 204 cm³/mol. The van der Waals surface area contributed by atoms with E-state index in [1.54, 1.807) is 0 Å². The molecule has 0 N–H and O–H groups in total. The summed E-state index contributed by atoms with van der Waals surface area (Å²) in [7, 11) is 0. The van der Waals surface area contributed by atoms with Crippen molar-refractivity contribution in [2.45, 2.75) is 25.7 Å². The summed E-state index contributed by atoms with van der Waals surface area (Å²) < 4.78 is 4.84. The zero-order valence-corrected chi connectivity index (χ0v) is 27.2. The van der Waals surface area contributed by atoms with Gasteiger partial charge in [0.2, 0.25) is 5.95 Å². The Morgan fingerprint density at radius 2 is 1.16 bits per heavy atom. The van der Waals surface area contributed by atoms with E-state index in [0.29, 0.717) is 5.95 Å². The molecule has 0 amide bonds. The SMILES string of the molecule is c1ccc2c(c#1)c1c(c3cc4c(cc3n1-c1ccccc1)CC4)c1c2c2cc3c(cc2n1-c1nc(-c2ccccc2)c2ccccc2n1)CC3. The summed E-state index contributed by atoms with van der Waals surface area (Å²) in [6.07, 6.45) is 4.45. The van der Waals surface area contributed by atoms with Crippen molar-refractivity contribution in [2.75, 3.05) is 0 Å². The molecule has 2 aliphatic rings. The largest absolute Gasteiger partial charge is 0.308 e. The third-order valence-corrected chi connectivity index (χ3v) is 11.3. The lowest BCUT2D eigenvalue weighted by molar-refractivity contribution is 0.842. The minimum Gasteiger partial charge on any atom is -0.308 e. The molecule has 2 aliphatic carbocycles. The number of hydrogen-bond donors (Lipinski definition) is 0. The number of benzene rings is 6. The fourth-order valence-corrected chi connectivity index (χ4v) is 8.76. The van der Waals surface area contributed by atoms with Gasteiger partial charge in [-0.05, 0) is 103 Å². The first kappa shape index (κ1) is 26.5. The number of rotatable bonds is 3. The Morgan fingerprint density at radius 1 is 0.520 bits per heavy atom. The van der Waals surface area contributed by atoms with Crippen LogP contribution in [0.1, 0.15) is 22.3 Å². The molecule has 3 aromatic heterocycles. The standard InChI is InChI=1S/C46H28N4/c1-3-11-27(12-4-1)43-35-17-9-10-18-38(35)47-46(48-43)50-40-26-31-22-19-28(31)23-36(40)41-33-15-7-8-16-34(33)44-42(45(41)50)37-24-29-20-21-30(29)25-39(37)49(44)32-13-5-2-6-14-32/h1-7,9-15,17-18,23-26H,19-22H2. The van der Waals surface area contributed by atoms with Gasteiger partial charge in [-0.1, -0.05) is 78.9 Å². The van der Waals surface area contributed by atoms with Gasteiger partial charge in [-0.3, -0.25) is 4.57 Å². The van der Waals surface area contributed by atoms with Crippen LogP contribution in [-0.4, -0.2) is 19.1 Å². The minimum atomic E-state index is 0.693. The first-order valence-corrected chi connectivity index (χ1v) is 17.5. The second-order valence-electron chi connectivity index (χ2n) is 13.9. The monoisotopic (exact) mass is 636 g/mol. The Labute approximate surface area is 287 Å². The summed E-state index contributed by atoms with van der Waals surface area (Å²) in [6, 6.07) is 50.7. The molecule has 0 aliphatic heterocycles. The summed E-state index contributed by atoms with van der Waals surface area (Å²) in [5.41, 5.74) is 14.5. The predicted octanol–water partition coefficient (Wildman–Crippen LogP) is 10.4. The van der Waals surface area contributed by atoms with Crippen LogP contribution in [0, 0.1) is 12.1 Å². The van der Waals surface area contributed by atoms with E-state index in [2.05, 4.69) is 137 Å². The molecule has 0 unspecified atom stereocenters. The highest BCUT2D eigenvalue weighted by Gasteiger charge is 2.29. The molecule has 0 bridgehead atoms. The van der Waals surface area contributed by atoms with Gasteiger partial charge in [-0.15, -0.1) is 0 Å². The Morgan fingerprint density at radius 3 is 1.90 bits per heavy atom. The summed E-state index contributed by atoms with van der Waals surface area (Å²) >= 11 is 0. The molecule has 50 heavy (non-hydrogen) atoms. The van der Waals surface area contributed by atoms with E-state index in [9.17, 15) is 0 Å². The molecule has 0 fully saturated rings. The third kappa shape index (κ3) is 3.41. The number of aromatic nitrogens is 4. The van der Waals surface area contributed by atoms with Crippen molar-refractivity contribution < 1.29 is 0 Å². The van der Waals surface area contributed by atoms with Crippen molar-refractivity contribution in [1.82, 2.24) is 19.1 Å². The van der Waals surface area contributed by atoms with Crippen LogP contribution >= 0.6 is 0 Å². The average molecular weight is 637 g/mol. The van der Waals surface area contributed by atoms with Crippen LogP contribution in [0.3, 0.4) is 0 Å². The number of aryl methyl sites for hydroxylation is 4. The van der Waals surface area contributed by atoms with Gasteiger partial charge in [0, 0.05) is 43.6 Å². The van der Waals surface area contributed by atoms with Gasteiger partial charge in [-0.25, -0.2) is 9.97 Å². The van der Waals surface area contributed by atoms with Crippen molar-refractivity contribution in [2.24, 2.45) is 0 Å². The average Bonchev–Trinajstić information content (AvgIpc) is 3.66. The minimum absolute atomic E-state index is 0.693. The highest BCUT2D eigenvalue weighted by atomic mass is 15.2. The molecule has 4 heteroatoms. The highest BCUT2D eigenvalue weighted by molar-refractivity contribution is 6.36. The fraction of sp³-hybridized carbons (Fsp3) is 0.0870. The third-order valence-electron chi connectivity index (χ3n) is 11.3. The lowest BCUT2D eigenvalue weighted by Gasteiger charge is -2.19. The molecule has 3 heterocycles. The Hall–Kier alpha value is -6.44. The maximum absolute atomic E-state index is 5.49. The van der Waals surface area contributed by atoms with Gasteiger partial charge in [0.1, 0.15) is 0 Å². The molecule has 7 aromatic carbocycles. The number of para-hydroxylation sites is 2. The summed E-state index contributed by atoms with van der Waals surface area (Å²) in [5.74, 6) is 0.693. The summed E-state index contributed by atoms with van der Waals surface area (Å²) in [5, 5.41) is 8.26. The van der Waals surface area contributed by atoms with E-state index in [1.165, 1.54) is 54.7 Å². The van der Waals surface area contributed by atoms with E-state index in [4.69, 9.17) is 9.97 Å². The zero-order chi connectivity index (χ0) is 32.5. The van der Waals surface area contributed by atoms with Crippen LogP contribution in [0.25, 0.3) is 88.2 Å². The van der Waals surface area contributed by atoms with Crippen molar-refractivity contribution >= 4 is 65.3 Å². The quantitative estimate of drug-likeness (QED) is 0.193. The lowest BCUT2D eigenvalue weighted by Crippen LogP contribution is -2.09. The molecule has 232 valence electrons. The summed E-state index contributed by atoms with van der Waals surface area (Å²) in [4.78, 5) is 10.9. The molecule has 10 aromatic rings. The van der Waals surface area contributed by atoms with Crippen molar-refractivity contribution in [3.63, 3.8) is 0 Å². The molecule has 0 saturated carbocycles. The molecular formula is C46H28N4. The van der Waals surface area contributed by atoms with Crippen LogP contribution in [-0.2, 0) is 25.7 Å². The smallest absolute Gasteiger partial charge is 0.235 e. The Bertz CT molecular complexity index is 3080. The Kier molecular flexibility index (Phi) is 5.08. The van der Waals surface area contributed by atoms with E-state index in [-0.39, 0.29) is 0 Å². The van der Waals surface area contributed by atoms with Crippen LogP contribution < -0.4 is 0 Å². The normalized spacial score (nSPS) is 13.5. The second kappa shape index (κ2) is 9.59. The number of nitrogens with zero attached hydrogens (tertiary/aromatic N) is 4. The number of fused-ring (bicyclic) bond motifs is 13. The molecule has 12 rings (SSSR count). The van der Waals surface area contributed by atoms with Crippen LogP contribution in [0.5, 0.6) is 0 Å².